The number of hydrogen-bond acceptors (Lipinski definition) is 4. The zero-order valence-corrected chi connectivity index (χ0v) is 14.6. The van der Waals surface area contributed by atoms with Crippen molar-refractivity contribution in [2.24, 2.45) is 13.0 Å². The van der Waals surface area contributed by atoms with Gasteiger partial charge in [-0.25, -0.2) is 4.68 Å². The summed E-state index contributed by atoms with van der Waals surface area (Å²) in [6.07, 6.45) is 3.93. The molecular weight excluding hydrogens is 358 g/mol. The molecule has 1 aliphatic rings. The molecule has 1 N–H and O–H groups in total. The highest BCUT2D eigenvalue weighted by Gasteiger charge is 2.27. The maximum absolute atomic E-state index is 11.9. The summed E-state index contributed by atoms with van der Waals surface area (Å²) < 4.78 is 7.83. The number of rotatable bonds is 4. The Kier molecular flexibility index (Phi) is 5.13. The minimum absolute atomic E-state index is 0.0933. The van der Waals surface area contributed by atoms with Crippen LogP contribution in [0.25, 0.3) is 0 Å². The van der Waals surface area contributed by atoms with Crippen LogP contribution in [-0.2, 0) is 11.8 Å². The second kappa shape index (κ2) is 7.27. The molecule has 0 amide bonds. The first-order chi connectivity index (χ1) is 11.2. The van der Waals surface area contributed by atoms with Crippen LogP contribution in [0.5, 0.6) is 0 Å². The Hall–Kier alpha value is -1.66. The van der Waals surface area contributed by atoms with Crippen molar-refractivity contribution in [3.05, 3.63) is 56.9 Å². The van der Waals surface area contributed by atoms with Crippen LogP contribution < -0.4 is 10.9 Å². The van der Waals surface area contributed by atoms with Crippen LogP contribution in [0.3, 0.4) is 0 Å². The molecule has 0 bridgehead atoms. The van der Waals surface area contributed by atoms with E-state index in [1.54, 1.807) is 13.2 Å². The second-order valence-electron chi connectivity index (χ2n) is 5.79. The number of ether oxygens (including phenoxy) is 1. The van der Waals surface area contributed by atoms with Gasteiger partial charge in [0.2, 0.25) is 0 Å². The summed E-state index contributed by atoms with van der Waals surface area (Å²) in [5, 5.41) is 7.41. The van der Waals surface area contributed by atoms with E-state index in [1.807, 2.05) is 18.2 Å². The predicted molar refractivity (Wildman–Crippen MR) is 93.5 cm³/mol. The molecule has 5 nitrogen and oxygen atoms in total. The Labute approximate surface area is 143 Å². The molecule has 1 saturated heterocycles. The Morgan fingerprint density at radius 1 is 1.39 bits per heavy atom. The number of aryl methyl sites for hydroxylation is 1. The van der Waals surface area contributed by atoms with E-state index in [0.717, 1.165) is 31.7 Å². The van der Waals surface area contributed by atoms with Crippen LogP contribution in [0.4, 0.5) is 5.69 Å². The highest BCUT2D eigenvalue weighted by Crippen LogP contribution is 2.33. The van der Waals surface area contributed by atoms with Gasteiger partial charge in [0.25, 0.3) is 5.56 Å². The van der Waals surface area contributed by atoms with Crippen molar-refractivity contribution in [3.8, 4) is 0 Å². The molecule has 3 rings (SSSR count). The molecule has 23 heavy (non-hydrogen) atoms. The molecule has 2 unspecified atom stereocenters. The summed E-state index contributed by atoms with van der Waals surface area (Å²) >= 11 is 3.35. The minimum Gasteiger partial charge on any atom is -0.382 e. The van der Waals surface area contributed by atoms with E-state index in [9.17, 15) is 4.79 Å². The van der Waals surface area contributed by atoms with Gasteiger partial charge in [0, 0.05) is 26.1 Å². The van der Waals surface area contributed by atoms with Crippen LogP contribution in [0.1, 0.15) is 24.5 Å². The van der Waals surface area contributed by atoms with Crippen LogP contribution in [0, 0.1) is 5.92 Å². The molecular formula is C17H20BrN3O2. The monoisotopic (exact) mass is 377 g/mol. The highest BCUT2D eigenvalue weighted by molar-refractivity contribution is 9.10. The number of aromatic nitrogens is 2. The van der Waals surface area contributed by atoms with E-state index < -0.39 is 0 Å². The fourth-order valence-electron chi connectivity index (χ4n) is 2.94. The molecule has 0 saturated carbocycles. The molecule has 0 spiro atoms. The number of hydrogen-bond donors (Lipinski definition) is 1. The minimum atomic E-state index is -0.144. The number of nitrogens with one attached hydrogen (secondary N) is 1. The molecule has 122 valence electrons. The van der Waals surface area contributed by atoms with Crippen molar-refractivity contribution in [1.82, 2.24) is 9.78 Å². The lowest BCUT2D eigenvalue weighted by molar-refractivity contribution is -0.0238. The molecule has 1 aromatic carbocycles. The Morgan fingerprint density at radius 3 is 2.96 bits per heavy atom. The highest BCUT2D eigenvalue weighted by atomic mass is 79.9. The van der Waals surface area contributed by atoms with Crippen molar-refractivity contribution in [2.75, 3.05) is 18.5 Å². The molecule has 6 heteroatoms. The predicted octanol–water partition coefficient (Wildman–Crippen LogP) is 3.12. The van der Waals surface area contributed by atoms with Crippen LogP contribution in [0.15, 0.2) is 45.8 Å². The summed E-state index contributed by atoms with van der Waals surface area (Å²) in [7, 11) is 1.64. The maximum Gasteiger partial charge on any atom is 0.282 e. The molecule has 0 radical (unpaired) electrons. The lowest BCUT2D eigenvalue weighted by Crippen LogP contribution is -2.29. The van der Waals surface area contributed by atoms with Crippen molar-refractivity contribution >= 4 is 21.6 Å². The third kappa shape index (κ3) is 3.64. The molecule has 0 aliphatic carbocycles. The summed E-state index contributed by atoms with van der Waals surface area (Å²) in [6.45, 7) is 1.54. The Balaban J connectivity index is 1.73. The van der Waals surface area contributed by atoms with E-state index in [0.29, 0.717) is 10.4 Å². The fourth-order valence-corrected chi connectivity index (χ4v) is 3.44. The first-order valence-electron chi connectivity index (χ1n) is 7.79. The third-order valence-electron chi connectivity index (χ3n) is 4.21. The second-order valence-corrected chi connectivity index (χ2v) is 6.58. The average Bonchev–Trinajstić information content (AvgIpc) is 2.60. The molecule has 2 atom stereocenters. The van der Waals surface area contributed by atoms with Gasteiger partial charge in [0.1, 0.15) is 4.47 Å². The van der Waals surface area contributed by atoms with Crippen molar-refractivity contribution < 1.29 is 4.74 Å². The van der Waals surface area contributed by atoms with Gasteiger partial charge in [-0.1, -0.05) is 30.3 Å². The molecule has 2 heterocycles. The van der Waals surface area contributed by atoms with Crippen LogP contribution in [0.2, 0.25) is 0 Å². The number of benzene rings is 1. The molecule has 2 aromatic rings. The molecule has 1 aromatic heterocycles. The van der Waals surface area contributed by atoms with Crippen molar-refractivity contribution in [3.63, 3.8) is 0 Å². The zero-order chi connectivity index (χ0) is 16.2. The Bertz CT molecular complexity index is 718. The van der Waals surface area contributed by atoms with E-state index in [4.69, 9.17) is 4.74 Å². The van der Waals surface area contributed by atoms with Gasteiger partial charge in [-0.2, -0.15) is 5.10 Å². The smallest absolute Gasteiger partial charge is 0.282 e. The molecule has 1 aliphatic heterocycles. The number of anilines is 1. The van der Waals surface area contributed by atoms with E-state index >= 15 is 0 Å². The SMILES string of the molecule is Cn1ncc(NCC2CCCOC2c2ccccc2)c(Br)c1=O. The fraction of sp³-hybridized carbons (Fsp3) is 0.412. The quantitative estimate of drug-likeness (QED) is 0.888. The van der Waals surface area contributed by atoms with Gasteiger partial charge in [-0.3, -0.25) is 4.79 Å². The van der Waals surface area contributed by atoms with Crippen LogP contribution >= 0.6 is 15.9 Å². The number of halogens is 1. The maximum atomic E-state index is 11.9. The first kappa shape index (κ1) is 16.2. The van der Waals surface area contributed by atoms with Gasteiger partial charge < -0.3 is 10.1 Å². The van der Waals surface area contributed by atoms with Crippen LogP contribution in [-0.4, -0.2) is 22.9 Å². The Morgan fingerprint density at radius 2 is 2.17 bits per heavy atom. The summed E-state index contributed by atoms with van der Waals surface area (Å²) in [5.74, 6) is 0.363. The standard InChI is InChI=1S/C17H20BrN3O2/c1-21-17(22)15(18)14(11-20-21)19-10-13-8-5-9-23-16(13)12-6-3-2-4-7-12/h2-4,6-7,11,13,16,19H,5,8-10H2,1H3. The summed E-state index contributed by atoms with van der Waals surface area (Å²) in [4.78, 5) is 11.9. The summed E-state index contributed by atoms with van der Waals surface area (Å²) in [6, 6.07) is 10.3. The zero-order valence-electron chi connectivity index (χ0n) is 13.0. The van der Waals surface area contributed by atoms with Crippen molar-refractivity contribution in [2.45, 2.75) is 18.9 Å². The normalized spacial score (nSPS) is 21.1. The van der Waals surface area contributed by atoms with Gasteiger partial charge in [-0.05, 0) is 34.3 Å². The largest absolute Gasteiger partial charge is 0.382 e. The van der Waals surface area contributed by atoms with Crippen molar-refractivity contribution in [1.29, 1.82) is 0 Å². The lowest BCUT2D eigenvalue weighted by Gasteiger charge is -2.32. The lowest BCUT2D eigenvalue weighted by atomic mass is 9.89. The van der Waals surface area contributed by atoms with E-state index in [1.165, 1.54) is 10.2 Å². The third-order valence-corrected chi connectivity index (χ3v) is 4.97. The van der Waals surface area contributed by atoms with E-state index in [-0.39, 0.29) is 11.7 Å². The van der Waals surface area contributed by atoms with Gasteiger partial charge >= 0.3 is 0 Å². The van der Waals surface area contributed by atoms with Gasteiger partial charge in [0.05, 0.1) is 18.0 Å². The van der Waals surface area contributed by atoms with E-state index in [2.05, 4.69) is 38.5 Å². The first-order valence-corrected chi connectivity index (χ1v) is 8.58. The topological polar surface area (TPSA) is 56.1 Å². The molecule has 1 fully saturated rings. The van der Waals surface area contributed by atoms with Gasteiger partial charge in [0.15, 0.2) is 0 Å². The average molecular weight is 378 g/mol. The number of nitrogens with zero attached hydrogens (tertiary/aromatic N) is 2. The summed E-state index contributed by atoms with van der Waals surface area (Å²) in [5.41, 5.74) is 1.79. The van der Waals surface area contributed by atoms with Gasteiger partial charge in [-0.15, -0.1) is 0 Å².